The molecule has 2 aromatic heterocycles. The number of nitrogens with zero attached hydrogens (tertiary/aromatic N) is 1. The summed E-state index contributed by atoms with van der Waals surface area (Å²) < 4.78 is 5.80. The van der Waals surface area contributed by atoms with Crippen molar-refractivity contribution in [2.24, 2.45) is 0 Å². The molecule has 4 aromatic rings. The predicted octanol–water partition coefficient (Wildman–Crippen LogP) is 5.04. The highest BCUT2D eigenvalue weighted by Crippen LogP contribution is 2.23. The summed E-state index contributed by atoms with van der Waals surface area (Å²) in [4.78, 5) is 29.5. The smallest absolute Gasteiger partial charge is 0.263 e. The minimum atomic E-state index is -0.284. The molecule has 2 aromatic carbocycles. The number of hydrogen-bond donors (Lipinski definition) is 2. The first-order valence-electron chi connectivity index (χ1n) is 10.5. The van der Waals surface area contributed by atoms with Crippen molar-refractivity contribution in [1.29, 1.82) is 0 Å². The monoisotopic (exact) mass is 457 g/mol. The highest BCUT2D eigenvalue weighted by atomic mass is 32.1. The van der Waals surface area contributed by atoms with E-state index in [1.165, 1.54) is 11.3 Å². The third-order valence-electron chi connectivity index (χ3n) is 4.89. The largest absolute Gasteiger partial charge is 0.372 e. The molecular formula is C26H23N3O3S. The Balaban J connectivity index is 1.31. The second-order valence-corrected chi connectivity index (χ2v) is 8.25. The lowest BCUT2D eigenvalue weighted by molar-refractivity contribution is 0.0955. The van der Waals surface area contributed by atoms with Gasteiger partial charge in [0.05, 0.1) is 18.9 Å². The number of anilines is 1. The molecule has 2 amide bonds. The number of thiophene rings is 1. The van der Waals surface area contributed by atoms with Gasteiger partial charge in [0, 0.05) is 24.5 Å². The van der Waals surface area contributed by atoms with Crippen LogP contribution in [-0.4, -0.2) is 16.8 Å². The molecule has 166 valence electrons. The van der Waals surface area contributed by atoms with E-state index in [9.17, 15) is 9.59 Å². The summed E-state index contributed by atoms with van der Waals surface area (Å²) >= 11 is 1.28. The van der Waals surface area contributed by atoms with Crippen molar-refractivity contribution in [2.75, 3.05) is 5.32 Å². The number of carbonyl (C=O) groups excluding carboxylic acids is 2. The van der Waals surface area contributed by atoms with E-state index in [2.05, 4.69) is 15.6 Å². The summed E-state index contributed by atoms with van der Waals surface area (Å²) in [6, 6.07) is 22.9. The van der Waals surface area contributed by atoms with Crippen LogP contribution >= 0.6 is 11.3 Å². The van der Waals surface area contributed by atoms with Gasteiger partial charge in [0.15, 0.2) is 0 Å². The first-order valence-corrected chi connectivity index (χ1v) is 11.3. The molecule has 0 spiro atoms. The van der Waals surface area contributed by atoms with Crippen LogP contribution in [0.3, 0.4) is 0 Å². The molecule has 4 rings (SSSR count). The van der Waals surface area contributed by atoms with Crippen LogP contribution in [0.15, 0.2) is 90.6 Å². The molecule has 2 heterocycles. The van der Waals surface area contributed by atoms with Crippen molar-refractivity contribution < 1.29 is 14.3 Å². The fraction of sp³-hybridized carbons (Fsp3) is 0.115. The zero-order valence-corrected chi connectivity index (χ0v) is 18.7. The van der Waals surface area contributed by atoms with Gasteiger partial charge in [0.25, 0.3) is 11.8 Å². The Bertz CT molecular complexity index is 1210. The summed E-state index contributed by atoms with van der Waals surface area (Å²) in [6.45, 7) is 1.42. The zero-order valence-electron chi connectivity index (χ0n) is 17.9. The van der Waals surface area contributed by atoms with Gasteiger partial charge < -0.3 is 15.4 Å². The number of pyridine rings is 1. The molecule has 0 bridgehead atoms. The van der Waals surface area contributed by atoms with Crippen LogP contribution < -0.4 is 10.6 Å². The Morgan fingerprint density at radius 1 is 0.818 bits per heavy atom. The summed E-state index contributed by atoms with van der Waals surface area (Å²) in [6.07, 6.45) is 3.11. The third kappa shape index (κ3) is 6.35. The highest BCUT2D eigenvalue weighted by Gasteiger charge is 2.16. The minimum absolute atomic E-state index is 0.235. The zero-order chi connectivity index (χ0) is 22.9. The lowest BCUT2D eigenvalue weighted by Crippen LogP contribution is -2.23. The minimum Gasteiger partial charge on any atom is -0.372 e. The molecule has 0 saturated heterocycles. The molecule has 0 saturated carbocycles. The molecular weight excluding hydrogens is 434 g/mol. The highest BCUT2D eigenvalue weighted by molar-refractivity contribution is 7.12. The van der Waals surface area contributed by atoms with E-state index in [1.54, 1.807) is 36.0 Å². The summed E-state index contributed by atoms with van der Waals surface area (Å²) in [5, 5.41) is 7.51. The fourth-order valence-electron chi connectivity index (χ4n) is 3.23. The number of carbonyl (C=O) groups is 2. The number of hydrogen-bond acceptors (Lipinski definition) is 5. The lowest BCUT2D eigenvalue weighted by Gasteiger charge is -2.09. The lowest BCUT2D eigenvalue weighted by atomic mass is 10.1. The molecule has 7 heteroatoms. The van der Waals surface area contributed by atoms with Gasteiger partial charge in [-0.1, -0.05) is 54.6 Å². The number of benzene rings is 2. The van der Waals surface area contributed by atoms with Gasteiger partial charge in [0.1, 0.15) is 4.88 Å². The molecule has 0 aliphatic heterocycles. The number of nitrogens with one attached hydrogen (secondary N) is 2. The number of rotatable bonds is 9. The Labute approximate surface area is 196 Å². The standard InChI is InChI=1S/C26H23N3O3S/c30-25(22-9-12-27-13-10-22)29-23-11-14-33-24(23)26(31)28-16-20-7-4-8-21(15-20)18-32-17-19-5-2-1-3-6-19/h1-15H,16-18H2,(H,28,31)(H,29,30). The Morgan fingerprint density at radius 2 is 1.55 bits per heavy atom. The van der Waals surface area contributed by atoms with Crippen LogP contribution in [0.1, 0.15) is 36.7 Å². The van der Waals surface area contributed by atoms with E-state index in [0.29, 0.717) is 35.9 Å². The van der Waals surface area contributed by atoms with E-state index in [-0.39, 0.29) is 11.8 Å². The van der Waals surface area contributed by atoms with Gasteiger partial charge in [-0.3, -0.25) is 14.6 Å². The normalized spacial score (nSPS) is 10.5. The summed E-state index contributed by atoms with van der Waals surface area (Å²) in [7, 11) is 0. The molecule has 6 nitrogen and oxygen atoms in total. The van der Waals surface area contributed by atoms with Crippen molar-refractivity contribution in [3.63, 3.8) is 0 Å². The summed E-state index contributed by atoms with van der Waals surface area (Å²) in [5.74, 6) is -0.520. The van der Waals surface area contributed by atoms with E-state index < -0.39 is 0 Å². The topological polar surface area (TPSA) is 80.3 Å². The van der Waals surface area contributed by atoms with Crippen LogP contribution in [-0.2, 0) is 24.5 Å². The van der Waals surface area contributed by atoms with Crippen LogP contribution in [0.5, 0.6) is 0 Å². The maximum atomic E-state index is 12.7. The first kappa shape index (κ1) is 22.4. The van der Waals surface area contributed by atoms with Crippen LogP contribution in [0.25, 0.3) is 0 Å². The number of ether oxygens (including phenoxy) is 1. The van der Waals surface area contributed by atoms with E-state index in [4.69, 9.17) is 4.74 Å². The fourth-order valence-corrected chi connectivity index (χ4v) is 4.00. The van der Waals surface area contributed by atoms with Crippen molar-refractivity contribution in [3.8, 4) is 0 Å². The van der Waals surface area contributed by atoms with Crippen LogP contribution in [0, 0.1) is 0 Å². The number of amides is 2. The Morgan fingerprint density at radius 3 is 2.36 bits per heavy atom. The van der Waals surface area contributed by atoms with Gasteiger partial charge in [-0.25, -0.2) is 0 Å². The van der Waals surface area contributed by atoms with Crippen LogP contribution in [0.4, 0.5) is 5.69 Å². The average Bonchev–Trinajstić information content (AvgIpc) is 3.32. The van der Waals surface area contributed by atoms with E-state index in [1.807, 2.05) is 54.6 Å². The molecule has 0 unspecified atom stereocenters. The van der Waals surface area contributed by atoms with E-state index in [0.717, 1.165) is 16.7 Å². The van der Waals surface area contributed by atoms with Gasteiger partial charge in [-0.2, -0.15) is 0 Å². The second-order valence-electron chi connectivity index (χ2n) is 7.33. The molecule has 0 atom stereocenters. The molecule has 0 aliphatic rings. The maximum Gasteiger partial charge on any atom is 0.263 e. The quantitative estimate of drug-likeness (QED) is 0.369. The average molecular weight is 458 g/mol. The summed E-state index contributed by atoms with van der Waals surface area (Å²) in [5.41, 5.74) is 4.11. The first-order chi connectivity index (χ1) is 16.2. The van der Waals surface area contributed by atoms with Gasteiger partial charge in [0.2, 0.25) is 0 Å². The van der Waals surface area contributed by atoms with Gasteiger partial charge in [-0.15, -0.1) is 11.3 Å². The van der Waals surface area contributed by atoms with Crippen molar-refractivity contribution in [3.05, 3.63) is 118 Å². The predicted molar refractivity (Wildman–Crippen MR) is 129 cm³/mol. The molecule has 0 radical (unpaired) electrons. The van der Waals surface area contributed by atoms with Crippen molar-refractivity contribution >= 4 is 28.8 Å². The van der Waals surface area contributed by atoms with E-state index >= 15 is 0 Å². The molecule has 33 heavy (non-hydrogen) atoms. The van der Waals surface area contributed by atoms with Gasteiger partial charge in [-0.05, 0) is 40.3 Å². The maximum absolute atomic E-state index is 12.7. The van der Waals surface area contributed by atoms with Crippen LogP contribution in [0.2, 0.25) is 0 Å². The molecule has 0 fully saturated rings. The number of aromatic nitrogens is 1. The Hall–Kier alpha value is -3.81. The second kappa shape index (κ2) is 11.2. The molecule has 2 N–H and O–H groups in total. The Kier molecular flexibility index (Phi) is 7.58. The SMILES string of the molecule is O=C(Nc1ccsc1C(=O)NCc1cccc(COCc2ccccc2)c1)c1ccncc1. The molecule has 0 aliphatic carbocycles. The van der Waals surface area contributed by atoms with Gasteiger partial charge >= 0.3 is 0 Å². The third-order valence-corrected chi connectivity index (χ3v) is 5.80. The van der Waals surface area contributed by atoms with Crippen molar-refractivity contribution in [2.45, 2.75) is 19.8 Å². The van der Waals surface area contributed by atoms with Crippen molar-refractivity contribution in [1.82, 2.24) is 10.3 Å².